The van der Waals surface area contributed by atoms with Gasteiger partial charge in [0.05, 0.1) is 11.0 Å². The van der Waals surface area contributed by atoms with E-state index in [-0.39, 0.29) is 11.5 Å². The third kappa shape index (κ3) is 1.99. The molecule has 0 fully saturated rings. The number of para-hydroxylation sites is 2. The third-order valence-corrected chi connectivity index (χ3v) is 4.48. The van der Waals surface area contributed by atoms with E-state index in [2.05, 4.69) is 25.5 Å². The monoisotopic (exact) mass is 348 g/mol. The second kappa shape index (κ2) is 4.63. The predicted octanol–water partition coefficient (Wildman–Crippen LogP) is 4.42. The molecular weight excluding hydrogens is 338 g/mol. The first-order valence-electron chi connectivity index (χ1n) is 6.72. The van der Waals surface area contributed by atoms with Crippen LogP contribution in [0, 0.1) is 11.6 Å². The van der Waals surface area contributed by atoms with Crippen molar-refractivity contribution in [3.8, 4) is 0 Å². The lowest BCUT2D eigenvalue weighted by molar-refractivity contribution is 0.515. The van der Waals surface area contributed by atoms with Crippen LogP contribution in [0.25, 0.3) is 11.0 Å². The van der Waals surface area contributed by atoms with E-state index in [1.54, 1.807) is 0 Å². The van der Waals surface area contributed by atoms with E-state index < -0.39 is 11.6 Å². The molecule has 0 unspecified atom stereocenters. The lowest BCUT2D eigenvalue weighted by Gasteiger charge is -2.12. The van der Waals surface area contributed by atoms with Crippen LogP contribution in [0.5, 0.6) is 0 Å². The van der Waals surface area contributed by atoms with Gasteiger partial charge in [-0.15, -0.1) is 0 Å². The molecule has 2 nitrogen and oxygen atoms in total. The van der Waals surface area contributed by atoms with Gasteiger partial charge in [-0.2, -0.15) is 0 Å². The number of imidazole rings is 1. The predicted molar refractivity (Wildman–Crippen MR) is 80.2 cm³/mol. The van der Waals surface area contributed by atoms with E-state index >= 15 is 0 Å². The maximum Gasteiger partial charge on any atom is 0.130 e. The number of hydrogen-bond donors (Lipinski definition) is 0. The molecule has 1 aromatic heterocycles. The van der Waals surface area contributed by atoms with Gasteiger partial charge in [-0.05, 0) is 24.3 Å². The number of rotatable bonds is 1. The van der Waals surface area contributed by atoms with Crippen molar-refractivity contribution in [1.29, 1.82) is 0 Å². The summed E-state index contributed by atoms with van der Waals surface area (Å²) >= 11 is 3.11. The fourth-order valence-corrected chi connectivity index (χ4v) is 3.53. The molecule has 0 bridgehead atoms. The number of halogens is 3. The van der Waals surface area contributed by atoms with Gasteiger partial charge in [0.15, 0.2) is 0 Å². The summed E-state index contributed by atoms with van der Waals surface area (Å²) in [5.41, 5.74) is 2.11. The Morgan fingerprint density at radius 2 is 1.86 bits per heavy atom. The van der Waals surface area contributed by atoms with Crippen molar-refractivity contribution in [1.82, 2.24) is 9.55 Å². The lowest BCUT2D eigenvalue weighted by Crippen LogP contribution is -2.07. The number of aromatic nitrogens is 2. The van der Waals surface area contributed by atoms with Gasteiger partial charge in [-0.1, -0.05) is 28.1 Å². The molecule has 0 aliphatic carbocycles. The number of hydrogen-bond acceptors (Lipinski definition) is 1. The van der Waals surface area contributed by atoms with Gasteiger partial charge in [0.2, 0.25) is 0 Å². The first kappa shape index (κ1) is 13.0. The summed E-state index contributed by atoms with van der Waals surface area (Å²) in [5, 5.41) is 0. The van der Waals surface area contributed by atoms with Crippen LogP contribution in [0.2, 0.25) is 0 Å². The van der Waals surface area contributed by atoms with Crippen molar-refractivity contribution < 1.29 is 8.78 Å². The Labute approximate surface area is 128 Å². The first-order chi connectivity index (χ1) is 10.1. The molecule has 0 N–H and O–H groups in total. The Bertz CT molecular complexity index is 834. The van der Waals surface area contributed by atoms with Gasteiger partial charge in [0.1, 0.15) is 17.5 Å². The van der Waals surface area contributed by atoms with Crippen molar-refractivity contribution in [2.45, 2.75) is 18.9 Å². The topological polar surface area (TPSA) is 17.8 Å². The lowest BCUT2D eigenvalue weighted by atomic mass is 9.96. The minimum atomic E-state index is -0.498. The first-order valence-corrected chi connectivity index (χ1v) is 7.51. The highest BCUT2D eigenvalue weighted by Crippen LogP contribution is 2.35. The molecule has 3 aromatic rings. The maximum atomic E-state index is 14.1. The fourth-order valence-electron chi connectivity index (χ4n) is 3.13. The summed E-state index contributed by atoms with van der Waals surface area (Å²) in [7, 11) is 0. The molecule has 106 valence electrons. The van der Waals surface area contributed by atoms with Crippen molar-refractivity contribution in [2.24, 2.45) is 0 Å². The van der Waals surface area contributed by atoms with Crippen molar-refractivity contribution in [3.63, 3.8) is 0 Å². The minimum Gasteiger partial charge on any atom is -0.327 e. The molecule has 2 aromatic carbocycles. The third-order valence-electron chi connectivity index (χ3n) is 4.02. The smallest absolute Gasteiger partial charge is 0.130 e. The summed E-state index contributed by atoms with van der Waals surface area (Å²) < 4.78 is 30.7. The summed E-state index contributed by atoms with van der Waals surface area (Å²) in [6, 6.07) is 10.5. The van der Waals surface area contributed by atoms with Gasteiger partial charge in [0, 0.05) is 28.9 Å². The van der Waals surface area contributed by atoms with Crippen molar-refractivity contribution >= 4 is 27.0 Å². The molecule has 4 rings (SSSR count). The van der Waals surface area contributed by atoms with Crippen LogP contribution in [0.4, 0.5) is 8.78 Å². The van der Waals surface area contributed by atoms with Gasteiger partial charge in [0.25, 0.3) is 0 Å². The van der Waals surface area contributed by atoms with Crippen LogP contribution in [0.3, 0.4) is 0 Å². The van der Waals surface area contributed by atoms with Gasteiger partial charge >= 0.3 is 0 Å². The SMILES string of the molecule is Fc1cc(Br)cc(F)c1[C@H]1Cc2nc3ccccc3n2C1. The summed E-state index contributed by atoms with van der Waals surface area (Å²) in [6.07, 6.45) is 0.560. The zero-order chi connectivity index (χ0) is 14.6. The fraction of sp³-hybridized carbons (Fsp3) is 0.188. The number of nitrogens with zero attached hydrogens (tertiary/aromatic N) is 2. The van der Waals surface area contributed by atoms with Crippen LogP contribution < -0.4 is 0 Å². The molecular formula is C16H11BrF2N2. The van der Waals surface area contributed by atoms with Crippen LogP contribution >= 0.6 is 15.9 Å². The van der Waals surface area contributed by atoms with E-state index in [9.17, 15) is 8.78 Å². The highest BCUT2D eigenvalue weighted by Gasteiger charge is 2.30. The molecule has 1 atom stereocenters. The Morgan fingerprint density at radius 3 is 2.62 bits per heavy atom. The number of benzene rings is 2. The molecule has 0 saturated heterocycles. The Kier molecular flexibility index (Phi) is 2.85. The quantitative estimate of drug-likeness (QED) is 0.636. The van der Waals surface area contributed by atoms with Gasteiger partial charge < -0.3 is 4.57 Å². The van der Waals surface area contributed by atoms with Crippen LogP contribution in [-0.2, 0) is 13.0 Å². The van der Waals surface area contributed by atoms with Crippen molar-refractivity contribution in [2.75, 3.05) is 0 Å². The maximum absolute atomic E-state index is 14.1. The Balaban J connectivity index is 1.78. The molecule has 21 heavy (non-hydrogen) atoms. The van der Waals surface area contributed by atoms with Crippen molar-refractivity contribution in [3.05, 3.63) is 63.9 Å². The highest BCUT2D eigenvalue weighted by molar-refractivity contribution is 9.10. The zero-order valence-corrected chi connectivity index (χ0v) is 12.6. The molecule has 0 radical (unpaired) electrons. The molecule has 0 saturated carbocycles. The van der Waals surface area contributed by atoms with Gasteiger partial charge in [-0.25, -0.2) is 13.8 Å². The average Bonchev–Trinajstić information content (AvgIpc) is 2.94. The van der Waals surface area contributed by atoms with E-state index in [0.29, 0.717) is 17.4 Å². The normalized spacial score (nSPS) is 17.4. The van der Waals surface area contributed by atoms with E-state index in [1.807, 2.05) is 24.3 Å². The standard InChI is InChI=1S/C16H11BrF2N2/c17-10-6-11(18)16(12(19)7-10)9-5-15-20-13-3-1-2-4-14(13)21(15)8-9/h1-4,6-7,9H,5,8H2/t9-/m0/s1. The minimum absolute atomic E-state index is 0.160. The largest absolute Gasteiger partial charge is 0.327 e. The van der Waals surface area contributed by atoms with E-state index in [0.717, 1.165) is 16.9 Å². The summed E-state index contributed by atoms with van der Waals surface area (Å²) in [4.78, 5) is 4.55. The van der Waals surface area contributed by atoms with Crippen LogP contribution in [0.1, 0.15) is 17.3 Å². The molecule has 1 aliphatic rings. The van der Waals surface area contributed by atoms with E-state index in [1.165, 1.54) is 12.1 Å². The Morgan fingerprint density at radius 1 is 1.14 bits per heavy atom. The number of fused-ring (bicyclic) bond motifs is 3. The molecule has 1 aliphatic heterocycles. The van der Waals surface area contributed by atoms with Crippen LogP contribution in [0.15, 0.2) is 40.9 Å². The highest BCUT2D eigenvalue weighted by atomic mass is 79.9. The van der Waals surface area contributed by atoms with Crippen LogP contribution in [-0.4, -0.2) is 9.55 Å². The van der Waals surface area contributed by atoms with E-state index in [4.69, 9.17) is 0 Å². The second-order valence-electron chi connectivity index (χ2n) is 5.31. The summed E-state index contributed by atoms with van der Waals surface area (Å²) in [6.45, 7) is 0.561. The molecule has 5 heteroatoms. The molecule has 0 amide bonds. The molecule has 2 heterocycles. The Hall–Kier alpha value is -1.75. The zero-order valence-electron chi connectivity index (χ0n) is 11.0. The second-order valence-corrected chi connectivity index (χ2v) is 6.23. The van der Waals surface area contributed by atoms with Gasteiger partial charge in [-0.3, -0.25) is 0 Å². The molecule has 0 spiro atoms. The average molecular weight is 349 g/mol. The summed E-state index contributed by atoms with van der Waals surface area (Å²) in [5.74, 6) is -0.308.